The molecule has 3 nitrogen and oxygen atoms in total. The van der Waals surface area contributed by atoms with Crippen LogP contribution in [0, 0.1) is 11.8 Å². The largest absolute Gasteiger partial charge is 0.370 e. The summed E-state index contributed by atoms with van der Waals surface area (Å²) in [6, 6.07) is 1.05. The third-order valence-electron chi connectivity index (χ3n) is 4.14. The van der Waals surface area contributed by atoms with E-state index in [1.807, 2.05) is 0 Å². The third-order valence-corrected chi connectivity index (χ3v) is 4.14. The highest BCUT2D eigenvalue weighted by Crippen LogP contribution is 2.34. The van der Waals surface area contributed by atoms with Crippen LogP contribution in [0.2, 0.25) is 0 Å². The molecule has 0 aromatic heterocycles. The first-order valence-electron chi connectivity index (χ1n) is 6.68. The van der Waals surface area contributed by atoms with E-state index < -0.39 is 0 Å². The van der Waals surface area contributed by atoms with Crippen LogP contribution >= 0.6 is 0 Å². The molecule has 3 heteroatoms. The first-order valence-corrected chi connectivity index (χ1v) is 6.68. The van der Waals surface area contributed by atoms with Crippen LogP contribution in [0.5, 0.6) is 0 Å². The monoisotopic (exact) mass is 223 g/mol. The number of rotatable bonds is 2. The Bertz CT molecular complexity index is 272. The molecule has 0 saturated heterocycles. The van der Waals surface area contributed by atoms with Crippen molar-refractivity contribution in [1.82, 2.24) is 4.90 Å². The van der Waals surface area contributed by atoms with E-state index in [1.165, 1.54) is 25.7 Å². The number of nitrogens with two attached hydrogens (primary N) is 1. The van der Waals surface area contributed by atoms with Crippen molar-refractivity contribution < 1.29 is 0 Å². The first-order chi connectivity index (χ1) is 7.59. The highest BCUT2D eigenvalue weighted by atomic mass is 15.3. The molecule has 16 heavy (non-hydrogen) atoms. The van der Waals surface area contributed by atoms with Gasteiger partial charge < -0.3 is 10.6 Å². The summed E-state index contributed by atoms with van der Waals surface area (Å²) in [5.41, 5.74) is 5.99. The van der Waals surface area contributed by atoms with Gasteiger partial charge in [0.15, 0.2) is 5.96 Å². The Labute approximate surface area is 99.1 Å². The van der Waals surface area contributed by atoms with Gasteiger partial charge in [0, 0.05) is 6.04 Å². The Balaban J connectivity index is 2.04. The number of nitrogens with zero attached hydrogens (tertiary/aromatic N) is 2. The van der Waals surface area contributed by atoms with Gasteiger partial charge in [-0.25, -0.2) is 0 Å². The van der Waals surface area contributed by atoms with E-state index >= 15 is 0 Å². The summed E-state index contributed by atoms with van der Waals surface area (Å²) in [5.74, 6) is 2.45. The number of guanidine groups is 1. The van der Waals surface area contributed by atoms with Gasteiger partial charge in [-0.1, -0.05) is 19.8 Å². The van der Waals surface area contributed by atoms with Gasteiger partial charge in [0.05, 0.1) is 12.6 Å². The molecule has 0 aromatic carbocycles. The minimum Gasteiger partial charge on any atom is -0.370 e. The van der Waals surface area contributed by atoms with E-state index in [0.717, 1.165) is 24.3 Å². The van der Waals surface area contributed by atoms with Gasteiger partial charge >= 0.3 is 0 Å². The second kappa shape index (κ2) is 4.64. The summed E-state index contributed by atoms with van der Waals surface area (Å²) in [6.45, 7) is 7.73. The van der Waals surface area contributed by atoms with Crippen LogP contribution in [-0.4, -0.2) is 29.5 Å². The van der Waals surface area contributed by atoms with Crippen molar-refractivity contribution in [2.75, 3.05) is 6.54 Å². The molecule has 0 aromatic rings. The molecular formula is C13H25N3. The Morgan fingerprint density at radius 1 is 1.38 bits per heavy atom. The van der Waals surface area contributed by atoms with Crippen molar-refractivity contribution in [1.29, 1.82) is 0 Å². The topological polar surface area (TPSA) is 41.6 Å². The Morgan fingerprint density at radius 2 is 2.12 bits per heavy atom. The van der Waals surface area contributed by atoms with E-state index in [4.69, 9.17) is 5.73 Å². The molecule has 1 aliphatic heterocycles. The molecule has 1 heterocycles. The maximum atomic E-state index is 5.99. The normalized spacial score (nSPS) is 35.6. The van der Waals surface area contributed by atoms with Crippen molar-refractivity contribution in [2.45, 2.75) is 58.5 Å². The molecule has 0 bridgehead atoms. The number of hydrogen-bond acceptors (Lipinski definition) is 3. The zero-order valence-electron chi connectivity index (χ0n) is 10.8. The van der Waals surface area contributed by atoms with E-state index in [0.29, 0.717) is 12.1 Å². The second-order valence-corrected chi connectivity index (χ2v) is 5.80. The average Bonchev–Trinajstić information content (AvgIpc) is 2.60. The summed E-state index contributed by atoms with van der Waals surface area (Å²) in [4.78, 5) is 6.78. The fourth-order valence-electron chi connectivity index (χ4n) is 3.38. The molecule has 1 saturated carbocycles. The van der Waals surface area contributed by atoms with Crippen LogP contribution < -0.4 is 5.73 Å². The van der Waals surface area contributed by atoms with E-state index in [1.54, 1.807) is 0 Å². The lowest BCUT2D eigenvalue weighted by molar-refractivity contribution is 0.154. The molecule has 92 valence electrons. The number of aliphatic imine (C=N–C) groups is 1. The molecule has 1 fully saturated rings. The summed E-state index contributed by atoms with van der Waals surface area (Å²) in [5, 5.41) is 0. The highest BCUT2D eigenvalue weighted by Gasteiger charge is 2.36. The maximum Gasteiger partial charge on any atom is 0.191 e. The van der Waals surface area contributed by atoms with Crippen LogP contribution in [0.25, 0.3) is 0 Å². The second-order valence-electron chi connectivity index (χ2n) is 5.80. The van der Waals surface area contributed by atoms with Gasteiger partial charge in [0.1, 0.15) is 0 Å². The van der Waals surface area contributed by atoms with Crippen LogP contribution in [0.3, 0.4) is 0 Å². The Morgan fingerprint density at radius 3 is 2.75 bits per heavy atom. The lowest BCUT2D eigenvalue weighted by atomic mass is 9.78. The minimum atomic E-state index is 0.480. The fraction of sp³-hybridized carbons (Fsp3) is 0.923. The molecule has 2 aliphatic rings. The standard InChI is InChI=1S/C13H25N3/c1-9(2)16-12(8-15-13(16)14)11-6-4-5-10(3)7-11/h9-12H,4-8H2,1-3H3,(H2,14,15). The predicted molar refractivity (Wildman–Crippen MR) is 68.4 cm³/mol. The molecule has 0 spiro atoms. The summed E-state index contributed by atoms with van der Waals surface area (Å²) in [7, 11) is 0. The average molecular weight is 223 g/mol. The van der Waals surface area contributed by atoms with Gasteiger partial charge in [-0.3, -0.25) is 4.99 Å². The first kappa shape index (κ1) is 11.7. The molecule has 0 radical (unpaired) electrons. The zero-order chi connectivity index (χ0) is 11.7. The molecular weight excluding hydrogens is 198 g/mol. The molecule has 3 atom stereocenters. The van der Waals surface area contributed by atoms with Crippen molar-refractivity contribution in [2.24, 2.45) is 22.6 Å². The molecule has 3 unspecified atom stereocenters. The maximum absolute atomic E-state index is 5.99. The fourth-order valence-corrected chi connectivity index (χ4v) is 3.38. The lowest BCUT2D eigenvalue weighted by Crippen LogP contribution is -2.49. The summed E-state index contributed by atoms with van der Waals surface area (Å²) in [6.07, 6.45) is 5.51. The smallest absolute Gasteiger partial charge is 0.191 e. The van der Waals surface area contributed by atoms with Gasteiger partial charge in [0.25, 0.3) is 0 Å². The minimum absolute atomic E-state index is 0.480. The Kier molecular flexibility index (Phi) is 3.41. The highest BCUT2D eigenvalue weighted by molar-refractivity contribution is 5.80. The molecule has 0 amide bonds. The van der Waals surface area contributed by atoms with Crippen LogP contribution in [-0.2, 0) is 0 Å². The van der Waals surface area contributed by atoms with Gasteiger partial charge in [0.2, 0.25) is 0 Å². The van der Waals surface area contributed by atoms with E-state index in [-0.39, 0.29) is 0 Å². The SMILES string of the molecule is CC1CCCC(C2CN=C(N)N2C(C)C)C1. The van der Waals surface area contributed by atoms with Crippen molar-refractivity contribution >= 4 is 5.96 Å². The van der Waals surface area contributed by atoms with Crippen molar-refractivity contribution in [3.05, 3.63) is 0 Å². The molecule has 2 rings (SSSR count). The number of hydrogen-bond donors (Lipinski definition) is 1. The van der Waals surface area contributed by atoms with Crippen molar-refractivity contribution in [3.63, 3.8) is 0 Å². The zero-order valence-corrected chi connectivity index (χ0v) is 10.8. The van der Waals surface area contributed by atoms with Gasteiger partial charge in [-0.05, 0) is 38.5 Å². The predicted octanol–water partition coefficient (Wildman–Crippen LogP) is 2.22. The van der Waals surface area contributed by atoms with E-state index in [2.05, 4.69) is 30.7 Å². The van der Waals surface area contributed by atoms with E-state index in [9.17, 15) is 0 Å². The molecule has 1 aliphatic carbocycles. The quantitative estimate of drug-likeness (QED) is 0.780. The van der Waals surface area contributed by atoms with Crippen LogP contribution in [0.1, 0.15) is 46.5 Å². The third kappa shape index (κ3) is 2.18. The van der Waals surface area contributed by atoms with Gasteiger partial charge in [-0.15, -0.1) is 0 Å². The summed E-state index contributed by atoms with van der Waals surface area (Å²) >= 11 is 0. The van der Waals surface area contributed by atoms with Gasteiger partial charge in [-0.2, -0.15) is 0 Å². The summed E-state index contributed by atoms with van der Waals surface area (Å²) < 4.78 is 0. The van der Waals surface area contributed by atoms with Crippen LogP contribution in [0.15, 0.2) is 4.99 Å². The Hall–Kier alpha value is -0.730. The van der Waals surface area contributed by atoms with Crippen molar-refractivity contribution in [3.8, 4) is 0 Å². The lowest BCUT2D eigenvalue weighted by Gasteiger charge is -2.38. The van der Waals surface area contributed by atoms with Crippen LogP contribution in [0.4, 0.5) is 0 Å². The molecule has 2 N–H and O–H groups in total.